The fraction of sp³-hybridized carbons (Fsp3) is 0.750. The fourth-order valence-corrected chi connectivity index (χ4v) is 2.14. The summed E-state index contributed by atoms with van der Waals surface area (Å²) in [6, 6.07) is 0. The minimum atomic E-state index is -0.766. The standard InChI is InChI=1S/C16H28O4/c1-4-5-6-7-8-9-10-11-12-13-14(15(17)19-2)16(18)20-3/h4,14H,1,5-13H2,2-3H3. The second kappa shape index (κ2) is 12.7. The summed E-state index contributed by atoms with van der Waals surface area (Å²) in [4.78, 5) is 22.9. The largest absolute Gasteiger partial charge is 0.468 e. The summed E-state index contributed by atoms with van der Waals surface area (Å²) in [6.07, 6.45) is 11.5. The van der Waals surface area contributed by atoms with E-state index in [4.69, 9.17) is 0 Å². The Hall–Kier alpha value is -1.32. The van der Waals surface area contributed by atoms with Gasteiger partial charge in [0.15, 0.2) is 5.92 Å². The number of unbranched alkanes of at least 4 members (excludes halogenated alkanes) is 7. The van der Waals surface area contributed by atoms with Crippen molar-refractivity contribution in [3.63, 3.8) is 0 Å². The molecule has 0 heterocycles. The lowest BCUT2D eigenvalue weighted by molar-refractivity contribution is -0.159. The molecule has 4 heteroatoms. The van der Waals surface area contributed by atoms with Gasteiger partial charge in [0.05, 0.1) is 14.2 Å². The van der Waals surface area contributed by atoms with E-state index in [-0.39, 0.29) is 0 Å². The second-order valence-corrected chi connectivity index (χ2v) is 4.94. The molecule has 0 atom stereocenters. The Kier molecular flexibility index (Phi) is 11.9. The van der Waals surface area contributed by atoms with Gasteiger partial charge in [0, 0.05) is 0 Å². The maximum Gasteiger partial charge on any atom is 0.320 e. The number of rotatable bonds is 12. The topological polar surface area (TPSA) is 52.6 Å². The highest BCUT2D eigenvalue weighted by Gasteiger charge is 2.27. The molecule has 0 fully saturated rings. The van der Waals surface area contributed by atoms with Crippen LogP contribution in [-0.2, 0) is 19.1 Å². The molecule has 0 radical (unpaired) electrons. The van der Waals surface area contributed by atoms with E-state index in [1.54, 1.807) is 0 Å². The number of allylic oxidation sites excluding steroid dienone is 1. The molecule has 0 spiro atoms. The van der Waals surface area contributed by atoms with Gasteiger partial charge in [-0.2, -0.15) is 0 Å². The van der Waals surface area contributed by atoms with Crippen molar-refractivity contribution >= 4 is 11.9 Å². The quantitative estimate of drug-likeness (QED) is 0.237. The first-order chi connectivity index (χ1) is 9.67. The second-order valence-electron chi connectivity index (χ2n) is 4.94. The molecule has 4 nitrogen and oxygen atoms in total. The number of hydrogen-bond donors (Lipinski definition) is 0. The molecular weight excluding hydrogens is 256 g/mol. The molecule has 0 N–H and O–H groups in total. The van der Waals surface area contributed by atoms with E-state index in [0.29, 0.717) is 6.42 Å². The lowest BCUT2D eigenvalue weighted by atomic mass is 10.00. The zero-order valence-electron chi connectivity index (χ0n) is 12.9. The van der Waals surface area contributed by atoms with Crippen LogP contribution in [0.3, 0.4) is 0 Å². The molecule has 116 valence electrons. The van der Waals surface area contributed by atoms with Crippen LogP contribution < -0.4 is 0 Å². The van der Waals surface area contributed by atoms with Crippen molar-refractivity contribution in [2.75, 3.05) is 14.2 Å². The Bertz CT molecular complexity index is 270. The zero-order valence-corrected chi connectivity index (χ0v) is 12.9. The normalized spacial score (nSPS) is 10.3. The summed E-state index contributed by atoms with van der Waals surface area (Å²) in [5, 5.41) is 0. The van der Waals surface area contributed by atoms with Crippen LogP contribution in [0, 0.1) is 5.92 Å². The minimum absolute atomic E-state index is 0.499. The van der Waals surface area contributed by atoms with Crippen LogP contribution in [0.25, 0.3) is 0 Å². The molecule has 0 unspecified atom stereocenters. The Morgan fingerprint density at radius 2 is 1.35 bits per heavy atom. The molecule has 0 rings (SSSR count). The monoisotopic (exact) mass is 284 g/mol. The first-order valence-corrected chi connectivity index (χ1v) is 7.44. The van der Waals surface area contributed by atoms with Crippen LogP contribution in [0.1, 0.15) is 57.8 Å². The lowest BCUT2D eigenvalue weighted by Gasteiger charge is -2.11. The van der Waals surface area contributed by atoms with Gasteiger partial charge in [-0.05, 0) is 19.3 Å². The predicted octanol–water partition coefficient (Wildman–Crippen LogP) is 3.65. The highest BCUT2D eigenvalue weighted by Crippen LogP contribution is 2.15. The molecule has 0 aliphatic heterocycles. The zero-order chi connectivity index (χ0) is 15.2. The van der Waals surface area contributed by atoms with Crippen molar-refractivity contribution < 1.29 is 19.1 Å². The number of esters is 2. The lowest BCUT2D eigenvalue weighted by Crippen LogP contribution is -2.26. The predicted molar refractivity (Wildman–Crippen MR) is 79.3 cm³/mol. The van der Waals surface area contributed by atoms with Gasteiger partial charge in [0.2, 0.25) is 0 Å². The van der Waals surface area contributed by atoms with Crippen molar-refractivity contribution in [1.29, 1.82) is 0 Å². The van der Waals surface area contributed by atoms with E-state index in [9.17, 15) is 9.59 Å². The molecule has 0 aromatic rings. The van der Waals surface area contributed by atoms with Gasteiger partial charge in [-0.1, -0.05) is 44.6 Å². The summed E-state index contributed by atoms with van der Waals surface area (Å²) in [7, 11) is 2.59. The van der Waals surface area contributed by atoms with Crippen LogP contribution in [0.5, 0.6) is 0 Å². The van der Waals surface area contributed by atoms with Crippen LogP contribution in [0.4, 0.5) is 0 Å². The average molecular weight is 284 g/mol. The van der Waals surface area contributed by atoms with Crippen LogP contribution in [0.2, 0.25) is 0 Å². The van der Waals surface area contributed by atoms with Gasteiger partial charge in [-0.25, -0.2) is 0 Å². The molecule has 0 aromatic heterocycles. The Balaban J connectivity index is 3.66. The van der Waals surface area contributed by atoms with Gasteiger partial charge < -0.3 is 9.47 Å². The van der Waals surface area contributed by atoms with Crippen LogP contribution in [0.15, 0.2) is 12.7 Å². The minimum Gasteiger partial charge on any atom is -0.468 e. The third-order valence-electron chi connectivity index (χ3n) is 3.37. The molecule has 0 aliphatic rings. The Morgan fingerprint density at radius 3 is 1.80 bits per heavy atom. The molecule has 0 saturated heterocycles. The van der Waals surface area contributed by atoms with E-state index in [1.165, 1.54) is 39.9 Å². The van der Waals surface area contributed by atoms with E-state index < -0.39 is 17.9 Å². The molecule has 0 saturated carbocycles. The van der Waals surface area contributed by atoms with Crippen molar-refractivity contribution in [2.24, 2.45) is 5.92 Å². The van der Waals surface area contributed by atoms with Gasteiger partial charge in [0.1, 0.15) is 0 Å². The number of carbonyl (C=O) groups excluding carboxylic acids is 2. The summed E-state index contributed by atoms with van der Waals surface area (Å²) in [5.74, 6) is -1.76. The molecule has 20 heavy (non-hydrogen) atoms. The summed E-state index contributed by atoms with van der Waals surface area (Å²) in [6.45, 7) is 3.70. The SMILES string of the molecule is C=CCCCCCCCCCC(C(=O)OC)C(=O)OC. The highest BCUT2D eigenvalue weighted by molar-refractivity contribution is 5.94. The van der Waals surface area contributed by atoms with E-state index in [1.807, 2.05) is 6.08 Å². The van der Waals surface area contributed by atoms with Crippen molar-refractivity contribution in [1.82, 2.24) is 0 Å². The summed E-state index contributed by atoms with van der Waals surface area (Å²) in [5.41, 5.74) is 0. The third kappa shape index (κ3) is 8.73. The van der Waals surface area contributed by atoms with E-state index in [0.717, 1.165) is 25.7 Å². The van der Waals surface area contributed by atoms with Crippen molar-refractivity contribution in [2.45, 2.75) is 57.8 Å². The first-order valence-electron chi connectivity index (χ1n) is 7.44. The van der Waals surface area contributed by atoms with Crippen LogP contribution in [-0.4, -0.2) is 26.2 Å². The van der Waals surface area contributed by atoms with Crippen LogP contribution >= 0.6 is 0 Å². The smallest absolute Gasteiger partial charge is 0.320 e. The Labute approximate surface area is 122 Å². The first kappa shape index (κ1) is 18.7. The summed E-state index contributed by atoms with van der Waals surface area (Å²) >= 11 is 0. The number of ether oxygens (including phenoxy) is 2. The van der Waals surface area contributed by atoms with E-state index >= 15 is 0 Å². The molecule has 0 aromatic carbocycles. The molecule has 0 bridgehead atoms. The Morgan fingerprint density at radius 1 is 0.900 bits per heavy atom. The van der Waals surface area contributed by atoms with Crippen molar-refractivity contribution in [3.05, 3.63) is 12.7 Å². The average Bonchev–Trinajstić information content (AvgIpc) is 2.48. The van der Waals surface area contributed by atoms with E-state index in [2.05, 4.69) is 16.1 Å². The fourth-order valence-electron chi connectivity index (χ4n) is 2.14. The maximum atomic E-state index is 11.4. The van der Waals surface area contributed by atoms with Gasteiger partial charge in [-0.15, -0.1) is 6.58 Å². The number of methoxy groups -OCH3 is 2. The number of hydrogen-bond acceptors (Lipinski definition) is 4. The van der Waals surface area contributed by atoms with Gasteiger partial charge >= 0.3 is 11.9 Å². The number of carbonyl (C=O) groups is 2. The third-order valence-corrected chi connectivity index (χ3v) is 3.37. The van der Waals surface area contributed by atoms with Crippen molar-refractivity contribution in [3.8, 4) is 0 Å². The summed E-state index contributed by atoms with van der Waals surface area (Å²) < 4.78 is 9.24. The molecule has 0 aliphatic carbocycles. The van der Waals surface area contributed by atoms with Gasteiger partial charge in [-0.3, -0.25) is 9.59 Å². The molecule has 0 amide bonds. The highest BCUT2D eigenvalue weighted by atomic mass is 16.5. The maximum absolute atomic E-state index is 11.4. The molecular formula is C16H28O4. The van der Waals surface area contributed by atoms with Gasteiger partial charge in [0.25, 0.3) is 0 Å².